The van der Waals surface area contributed by atoms with Crippen LogP contribution in [0.3, 0.4) is 0 Å². The average Bonchev–Trinajstić information content (AvgIpc) is 2.46. The molecule has 0 bridgehead atoms. The molecule has 1 aromatic heterocycles. The van der Waals surface area contributed by atoms with Crippen molar-refractivity contribution in [3.05, 3.63) is 22.1 Å². The summed E-state index contributed by atoms with van der Waals surface area (Å²) in [6.07, 6.45) is 0. The minimum Gasteiger partial charge on any atom is -0.364 e. The second kappa shape index (κ2) is 3.15. The number of nitrogens with zero attached hydrogens (tertiary/aromatic N) is 2. The number of aromatic amines is 1. The number of hydrogen-bond donors (Lipinski definition) is 2. The molecular weight excluding hydrogens is 172 g/mol. The van der Waals surface area contributed by atoms with Gasteiger partial charge in [0, 0.05) is 6.07 Å². The molecule has 1 aromatic rings. The van der Waals surface area contributed by atoms with Gasteiger partial charge in [-0.2, -0.15) is 5.26 Å². The third-order valence-corrected chi connectivity index (χ3v) is 1.58. The van der Waals surface area contributed by atoms with E-state index < -0.39 is 17.5 Å². The van der Waals surface area contributed by atoms with Gasteiger partial charge in [-0.25, -0.2) is 0 Å². The van der Waals surface area contributed by atoms with Crippen LogP contribution in [-0.2, 0) is 0 Å². The van der Waals surface area contributed by atoms with E-state index in [-0.39, 0.29) is 5.69 Å². The van der Waals surface area contributed by atoms with Gasteiger partial charge in [-0.15, -0.1) is 0 Å². The normalized spacial score (nSPS) is 12.0. The fraction of sp³-hybridized carbons (Fsp3) is 0.286. The van der Waals surface area contributed by atoms with Crippen molar-refractivity contribution in [2.24, 2.45) is 5.73 Å². The van der Waals surface area contributed by atoms with Gasteiger partial charge in [0.2, 0.25) is 0 Å². The number of rotatable bonds is 2. The van der Waals surface area contributed by atoms with Crippen LogP contribution in [-0.4, -0.2) is 15.7 Å². The van der Waals surface area contributed by atoms with Gasteiger partial charge in [0.25, 0.3) is 11.5 Å². The summed E-state index contributed by atoms with van der Waals surface area (Å²) in [5, 5.41) is 10.9. The Morgan fingerprint density at radius 3 is 2.92 bits per heavy atom. The van der Waals surface area contributed by atoms with Crippen LogP contribution < -0.4 is 11.3 Å². The lowest BCUT2D eigenvalue weighted by Gasteiger charge is -2.06. The number of primary amides is 1. The number of H-pyrrole nitrogens is 1. The number of nitriles is 1. The van der Waals surface area contributed by atoms with Crippen molar-refractivity contribution in [3.8, 4) is 6.07 Å². The van der Waals surface area contributed by atoms with Crippen molar-refractivity contribution in [1.29, 1.82) is 5.26 Å². The van der Waals surface area contributed by atoms with Gasteiger partial charge in [-0.1, -0.05) is 0 Å². The lowest BCUT2D eigenvalue weighted by atomic mass is 10.3. The predicted molar refractivity (Wildman–Crippen MR) is 43.9 cm³/mol. The predicted octanol–water partition coefficient (Wildman–Crippen LogP) is -0.640. The highest BCUT2D eigenvalue weighted by atomic mass is 16.2. The molecule has 1 unspecified atom stereocenters. The molecule has 6 heteroatoms. The summed E-state index contributed by atoms with van der Waals surface area (Å²) in [6, 6.07) is 2.32. The van der Waals surface area contributed by atoms with E-state index in [1.807, 2.05) is 6.07 Å². The molecule has 13 heavy (non-hydrogen) atoms. The first-order chi connectivity index (χ1) is 6.06. The Hall–Kier alpha value is -2.03. The van der Waals surface area contributed by atoms with Crippen molar-refractivity contribution >= 4 is 5.91 Å². The highest BCUT2D eigenvalue weighted by molar-refractivity contribution is 5.90. The number of nitrogens with one attached hydrogen (secondary N) is 1. The van der Waals surface area contributed by atoms with Crippen LogP contribution in [0.5, 0.6) is 0 Å². The molecule has 1 rings (SSSR count). The van der Waals surface area contributed by atoms with Crippen LogP contribution in [0.1, 0.15) is 23.5 Å². The van der Waals surface area contributed by atoms with E-state index in [4.69, 9.17) is 11.0 Å². The summed E-state index contributed by atoms with van der Waals surface area (Å²) in [5.41, 5.74) is 4.56. The largest absolute Gasteiger partial charge is 0.364 e. The number of amides is 1. The van der Waals surface area contributed by atoms with E-state index in [1.54, 1.807) is 6.92 Å². The molecule has 0 aliphatic heterocycles. The smallest absolute Gasteiger partial charge is 0.267 e. The maximum Gasteiger partial charge on any atom is 0.267 e. The molecular formula is C7H8N4O2. The zero-order valence-electron chi connectivity index (χ0n) is 6.94. The summed E-state index contributed by atoms with van der Waals surface area (Å²) in [7, 11) is 0. The maximum atomic E-state index is 10.8. The van der Waals surface area contributed by atoms with Crippen molar-refractivity contribution in [2.75, 3.05) is 0 Å². The van der Waals surface area contributed by atoms with Crippen LogP contribution in [0.15, 0.2) is 10.9 Å². The monoisotopic (exact) mass is 180 g/mol. The minimum absolute atomic E-state index is 0.0130. The van der Waals surface area contributed by atoms with Gasteiger partial charge >= 0.3 is 0 Å². The summed E-state index contributed by atoms with van der Waals surface area (Å²) in [5.74, 6) is -0.736. The molecule has 0 saturated carbocycles. The number of hydrogen-bond acceptors (Lipinski definition) is 3. The van der Waals surface area contributed by atoms with E-state index in [1.165, 1.54) is 0 Å². The third kappa shape index (κ3) is 1.59. The molecule has 0 spiro atoms. The molecule has 0 saturated heterocycles. The zero-order valence-corrected chi connectivity index (χ0v) is 6.94. The zero-order chi connectivity index (χ0) is 10.0. The molecule has 3 N–H and O–H groups in total. The minimum atomic E-state index is -0.736. The SMILES string of the molecule is CC(C#N)n1[nH]c(=O)cc1C(N)=O. The molecule has 1 amide bonds. The Kier molecular flexibility index (Phi) is 2.19. The number of carbonyl (C=O) groups is 1. The second-order valence-corrected chi connectivity index (χ2v) is 2.54. The van der Waals surface area contributed by atoms with Crippen LogP contribution in [0.4, 0.5) is 0 Å². The average molecular weight is 180 g/mol. The van der Waals surface area contributed by atoms with Crippen molar-refractivity contribution in [3.63, 3.8) is 0 Å². The first-order valence-corrected chi connectivity index (χ1v) is 3.57. The second-order valence-electron chi connectivity index (χ2n) is 2.54. The fourth-order valence-corrected chi connectivity index (χ4v) is 0.958. The van der Waals surface area contributed by atoms with Gasteiger partial charge in [-0.3, -0.25) is 19.4 Å². The summed E-state index contributed by atoms with van der Waals surface area (Å²) >= 11 is 0. The van der Waals surface area contributed by atoms with Gasteiger partial charge in [0.1, 0.15) is 11.7 Å². The lowest BCUT2D eigenvalue weighted by molar-refractivity contribution is 0.0989. The maximum absolute atomic E-state index is 10.8. The first kappa shape index (κ1) is 9.06. The number of nitrogens with two attached hydrogens (primary N) is 1. The van der Waals surface area contributed by atoms with E-state index in [2.05, 4.69) is 5.10 Å². The molecule has 0 aliphatic carbocycles. The summed E-state index contributed by atoms with van der Waals surface area (Å²) < 4.78 is 1.14. The van der Waals surface area contributed by atoms with Crippen molar-refractivity contribution < 1.29 is 4.79 Å². The first-order valence-electron chi connectivity index (χ1n) is 3.57. The Morgan fingerprint density at radius 1 is 1.85 bits per heavy atom. The molecule has 0 radical (unpaired) electrons. The Bertz CT molecular complexity index is 422. The summed E-state index contributed by atoms with van der Waals surface area (Å²) in [6.45, 7) is 1.54. The summed E-state index contributed by atoms with van der Waals surface area (Å²) in [4.78, 5) is 21.6. The molecule has 0 aromatic carbocycles. The quantitative estimate of drug-likeness (QED) is 0.632. The van der Waals surface area contributed by atoms with E-state index >= 15 is 0 Å². The molecule has 1 heterocycles. The molecule has 68 valence electrons. The topological polar surface area (TPSA) is 105 Å². The third-order valence-electron chi connectivity index (χ3n) is 1.58. The highest BCUT2D eigenvalue weighted by Crippen LogP contribution is 2.04. The Labute approximate surface area is 73.6 Å². The fourth-order valence-electron chi connectivity index (χ4n) is 0.958. The molecule has 1 atom stereocenters. The van der Waals surface area contributed by atoms with Crippen LogP contribution >= 0.6 is 0 Å². The molecule has 0 fully saturated rings. The van der Waals surface area contributed by atoms with Crippen molar-refractivity contribution in [1.82, 2.24) is 9.78 Å². The van der Waals surface area contributed by atoms with Gasteiger partial charge < -0.3 is 5.73 Å². The number of carbonyl (C=O) groups excluding carboxylic acids is 1. The highest BCUT2D eigenvalue weighted by Gasteiger charge is 2.13. The van der Waals surface area contributed by atoms with Crippen molar-refractivity contribution in [2.45, 2.75) is 13.0 Å². The Balaban J connectivity index is 3.29. The lowest BCUT2D eigenvalue weighted by Crippen LogP contribution is -2.19. The van der Waals surface area contributed by atoms with Gasteiger partial charge in [-0.05, 0) is 6.92 Å². The van der Waals surface area contributed by atoms with E-state index in [0.717, 1.165) is 10.7 Å². The van der Waals surface area contributed by atoms with Crippen LogP contribution in [0, 0.1) is 11.3 Å². The van der Waals surface area contributed by atoms with Crippen LogP contribution in [0.25, 0.3) is 0 Å². The van der Waals surface area contributed by atoms with Crippen LogP contribution in [0.2, 0.25) is 0 Å². The standard InChI is InChI=1S/C7H8N4O2/c1-4(3-8)11-5(7(9)13)2-6(12)10-11/h2,4H,1H3,(H2,9,13)(H,10,12). The van der Waals surface area contributed by atoms with E-state index in [0.29, 0.717) is 0 Å². The molecule has 0 aliphatic rings. The Morgan fingerprint density at radius 2 is 2.46 bits per heavy atom. The van der Waals surface area contributed by atoms with Gasteiger partial charge in [0.05, 0.1) is 6.07 Å². The van der Waals surface area contributed by atoms with E-state index in [9.17, 15) is 9.59 Å². The number of aromatic nitrogens is 2. The molecule has 6 nitrogen and oxygen atoms in total. The van der Waals surface area contributed by atoms with Gasteiger partial charge in [0.15, 0.2) is 0 Å².